The molecule has 126 valence electrons. The van der Waals surface area contributed by atoms with Crippen molar-refractivity contribution in [1.29, 1.82) is 0 Å². The van der Waals surface area contributed by atoms with E-state index in [2.05, 4.69) is 0 Å². The summed E-state index contributed by atoms with van der Waals surface area (Å²) in [5, 5.41) is 0.618. The Labute approximate surface area is 154 Å². The summed E-state index contributed by atoms with van der Waals surface area (Å²) in [5.41, 5.74) is 0.977. The van der Waals surface area contributed by atoms with E-state index in [1.807, 2.05) is 24.3 Å². The number of halogens is 1. The van der Waals surface area contributed by atoms with Gasteiger partial charge in [-0.3, -0.25) is 9.59 Å². The number of carbonyl (C=O) groups is 1. The first kappa shape index (κ1) is 16.3. The Kier molecular flexibility index (Phi) is 4.15. The third-order valence-corrected chi connectivity index (χ3v) is 4.47. The van der Waals surface area contributed by atoms with Crippen LogP contribution in [0.15, 0.2) is 88.1 Å². The zero-order valence-electron chi connectivity index (χ0n) is 13.6. The molecule has 3 aromatic carbocycles. The van der Waals surface area contributed by atoms with Crippen LogP contribution in [-0.4, -0.2) is 5.78 Å². The Hall–Kier alpha value is -3.17. The van der Waals surface area contributed by atoms with Gasteiger partial charge in [0.1, 0.15) is 11.3 Å². The Balaban J connectivity index is 2.09. The van der Waals surface area contributed by atoms with Gasteiger partial charge >= 0.3 is 0 Å². The molecule has 0 N–H and O–H groups in total. The Morgan fingerprint density at radius 2 is 1.46 bits per heavy atom. The van der Waals surface area contributed by atoms with Gasteiger partial charge < -0.3 is 4.42 Å². The van der Waals surface area contributed by atoms with Crippen molar-refractivity contribution in [2.24, 2.45) is 0 Å². The summed E-state index contributed by atoms with van der Waals surface area (Å²) in [6.45, 7) is 0. The van der Waals surface area contributed by atoms with Gasteiger partial charge in [-0.2, -0.15) is 0 Å². The standard InChI is InChI=1S/C22H13ClO3/c23-17-13-7-12-16-20(25)18(19(24)14-8-3-1-4-9-14)21(26-22(16)17)15-10-5-2-6-11-15/h1-13H. The molecular formula is C22H13ClO3. The average molecular weight is 361 g/mol. The summed E-state index contributed by atoms with van der Waals surface area (Å²) in [6.07, 6.45) is 0. The van der Waals surface area contributed by atoms with E-state index < -0.39 is 0 Å². The van der Waals surface area contributed by atoms with Gasteiger partial charge in [-0.1, -0.05) is 78.3 Å². The maximum atomic E-state index is 13.2. The molecule has 0 aliphatic carbocycles. The third kappa shape index (κ3) is 2.72. The molecule has 0 bridgehead atoms. The first-order chi connectivity index (χ1) is 12.7. The van der Waals surface area contributed by atoms with Gasteiger partial charge in [0.05, 0.1) is 10.4 Å². The molecule has 0 fully saturated rings. The van der Waals surface area contributed by atoms with Crippen molar-refractivity contribution >= 4 is 28.4 Å². The minimum atomic E-state index is -0.388. The van der Waals surface area contributed by atoms with E-state index >= 15 is 0 Å². The van der Waals surface area contributed by atoms with E-state index in [1.165, 1.54) is 0 Å². The van der Waals surface area contributed by atoms with E-state index in [1.54, 1.807) is 54.6 Å². The Bertz CT molecular complexity index is 1160. The number of hydrogen-bond acceptors (Lipinski definition) is 3. The predicted octanol–water partition coefficient (Wildman–Crippen LogP) is 5.34. The number of fused-ring (bicyclic) bond motifs is 1. The molecule has 4 aromatic rings. The van der Waals surface area contributed by atoms with Crippen LogP contribution in [0.5, 0.6) is 0 Å². The number of ketones is 1. The molecule has 4 rings (SSSR count). The van der Waals surface area contributed by atoms with Crippen molar-refractivity contribution in [3.8, 4) is 11.3 Å². The fraction of sp³-hybridized carbons (Fsp3) is 0. The van der Waals surface area contributed by atoms with Gasteiger partial charge in [0.25, 0.3) is 0 Å². The van der Waals surface area contributed by atoms with Crippen molar-refractivity contribution in [3.05, 3.63) is 105 Å². The summed E-state index contributed by atoms with van der Waals surface area (Å²) in [4.78, 5) is 26.2. The molecule has 0 unspecified atom stereocenters. The zero-order valence-corrected chi connectivity index (χ0v) is 14.4. The molecule has 0 atom stereocenters. The topological polar surface area (TPSA) is 47.3 Å². The second kappa shape index (κ2) is 6.62. The normalized spacial score (nSPS) is 10.8. The molecule has 1 heterocycles. The molecule has 0 radical (unpaired) electrons. The quantitative estimate of drug-likeness (QED) is 0.463. The highest BCUT2D eigenvalue weighted by atomic mass is 35.5. The molecular weight excluding hydrogens is 348 g/mol. The minimum Gasteiger partial charge on any atom is -0.453 e. The third-order valence-electron chi connectivity index (χ3n) is 4.17. The van der Waals surface area contributed by atoms with Gasteiger partial charge in [-0.05, 0) is 12.1 Å². The van der Waals surface area contributed by atoms with Crippen LogP contribution in [0.3, 0.4) is 0 Å². The minimum absolute atomic E-state index is 0.0113. The van der Waals surface area contributed by atoms with Crippen molar-refractivity contribution in [2.75, 3.05) is 0 Å². The smallest absolute Gasteiger partial charge is 0.204 e. The summed E-state index contributed by atoms with van der Waals surface area (Å²) >= 11 is 6.22. The molecule has 0 aliphatic heterocycles. The van der Waals surface area contributed by atoms with Gasteiger partial charge in [0, 0.05) is 11.1 Å². The first-order valence-electron chi connectivity index (χ1n) is 8.07. The Morgan fingerprint density at radius 3 is 2.15 bits per heavy atom. The van der Waals surface area contributed by atoms with Crippen molar-refractivity contribution < 1.29 is 9.21 Å². The second-order valence-electron chi connectivity index (χ2n) is 5.81. The molecule has 0 saturated heterocycles. The molecule has 3 nitrogen and oxygen atoms in total. The lowest BCUT2D eigenvalue weighted by Crippen LogP contribution is -2.18. The van der Waals surface area contributed by atoms with Crippen LogP contribution in [0, 0.1) is 0 Å². The fourth-order valence-electron chi connectivity index (χ4n) is 2.92. The summed E-state index contributed by atoms with van der Waals surface area (Å²) in [6, 6.07) is 22.7. The lowest BCUT2D eigenvalue weighted by atomic mass is 9.97. The van der Waals surface area contributed by atoms with Gasteiger partial charge in [-0.25, -0.2) is 0 Å². The van der Waals surface area contributed by atoms with Crippen LogP contribution in [0.4, 0.5) is 0 Å². The number of benzene rings is 3. The molecule has 1 aromatic heterocycles. The number of hydrogen-bond donors (Lipinski definition) is 0. The van der Waals surface area contributed by atoms with Crippen LogP contribution < -0.4 is 5.43 Å². The lowest BCUT2D eigenvalue weighted by Gasteiger charge is -2.10. The van der Waals surface area contributed by atoms with Crippen LogP contribution in [0.25, 0.3) is 22.3 Å². The maximum Gasteiger partial charge on any atom is 0.204 e. The molecule has 0 spiro atoms. The number of para-hydroxylation sites is 1. The van der Waals surface area contributed by atoms with Crippen molar-refractivity contribution in [3.63, 3.8) is 0 Å². The van der Waals surface area contributed by atoms with Crippen LogP contribution in [-0.2, 0) is 0 Å². The molecule has 0 saturated carbocycles. The van der Waals surface area contributed by atoms with Gasteiger partial charge in [0.15, 0.2) is 5.58 Å². The summed E-state index contributed by atoms with van der Waals surface area (Å²) in [7, 11) is 0. The average Bonchev–Trinajstić information content (AvgIpc) is 2.69. The number of carbonyl (C=O) groups excluding carboxylic acids is 1. The highest BCUT2D eigenvalue weighted by Crippen LogP contribution is 2.30. The molecule has 0 aliphatic rings. The van der Waals surface area contributed by atoms with Crippen molar-refractivity contribution in [2.45, 2.75) is 0 Å². The highest BCUT2D eigenvalue weighted by molar-refractivity contribution is 6.34. The zero-order chi connectivity index (χ0) is 18.1. The predicted molar refractivity (Wildman–Crippen MR) is 103 cm³/mol. The van der Waals surface area contributed by atoms with Crippen LogP contribution in [0.2, 0.25) is 5.02 Å². The molecule has 4 heteroatoms. The van der Waals surface area contributed by atoms with E-state index in [0.29, 0.717) is 16.1 Å². The largest absolute Gasteiger partial charge is 0.453 e. The van der Waals surface area contributed by atoms with Crippen molar-refractivity contribution in [1.82, 2.24) is 0 Å². The lowest BCUT2D eigenvalue weighted by molar-refractivity contribution is 0.103. The monoisotopic (exact) mass is 360 g/mol. The number of rotatable bonds is 3. The van der Waals surface area contributed by atoms with E-state index in [4.69, 9.17) is 16.0 Å². The molecule has 26 heavy (non-hydrogen) atoms. The second-order valence-corrected chi connectivity index (χ2v) is 6.22. The van der Waals surface area contributed by atoms with Crippen LogP contribution >= 0.6 is 11.6 Å². The van der Waals surface area contributed by atoms with E-state index in [-0.39, 0.29) is 33.5 Å². The van der Waals surface area contributed by atoms with E-state index in [9.17, 15) is 9.59 Å². The summed E-state index contributed by atoms with van der Waals surface area (Å²) in [5.74, 6) is -0.148. The molecule has 0 amide bonds. The van der Waals surface area contributed by atoms with Gasteiger partial charge in [-0.15, -0.1) is 0 Å². The first-order valence-corrected chi connectivity index (χ1v) is 8.45. The maximum absolute atomic E-state index is 13.2. The van der Waals surface area contributed by atoms with E-state index in [0.717, 1.165) is 0 Å². The Morgan fingerprint density at radius 1 is 0.808 bits per heavy atom. The van der Waals surface area contributed by atoms with Crippen LogP contribution in [0.1, 0.15) is 15.9 Å². The highest BCUT2D eigenvalue weighted by Gasteiger charge is 2.23. The van der Waals surface area contributed by atoms with Gasteiger partial charge in [0.2, 0.25) is 11.2 Å². The summed E-state index contributed by atoms with van der Waals surface area (Å²) < 4.78 is 5.98. The fourth-order valence-corrected chi connectivity index (χ4v) is 3.13. The SMILES string of the molecule is O=C(c1ccccc1)c1c(-c2ccccc2)oc2c(Cl)cccc2c1=O.